The number of carbonyl (C=O) groups is 5. The molecule has 13 aromatic carbocycles. The highest BCUT2D eigenvalue weighted by atomic mass is 19.4. The minimum Gasteiger partial charge on any atom is -0.497 e. The normalized spacial score (nSPS) is 8.65. The molecule has 1 aliphatic carbocycles. The molecule has 0 atom stereocenters. The first-order valence-corrected chi connectivity index (χ1v) is 50.1. The van der Waals surface area contributed by atoms with Gasteiger partial charge in [-0.3, -0.25) is 24.0 Å². The smallest absolute Gasteiger partial charge is 0.497 e. The highest BCUT2D eigenvalue weighted by Gasteiger charge is 2.39. The number of alkyl halides is 9. The molecule has 0 aromatic heterocycles. The molecule has 0 fully saturated rings. The van der Waals surface area contributed by atoms with Crippen LogP contribution in [-0.4, -0.2) is 48.6 Å². The summed E-state index contributed by atoms with van der Waals surface area (Å²) in [5, 5.41) is 0. The largest absolute Gasteiger partial charge is 0.573 e. The zero-order valence-electron chi connectivity index (χ0n) is 92.5. The summed E-state index contributed by atoms with van der Waals surface area (Å²) in [4.78, 5) is 57.2. The van der Waals surface area contributed by atoms with Gasteiger partial charge in [0.15, 0.2) is 23.1 Å². The standard InChI is InChI=1S/C14H8O2.C13H10O.C12H10O.C12H10.C8H5F3O.C8H8O.C7H5F3O.C7H5F3.C7H8O.18C2H6/c15-13-9-5-1-2-6-10(9)14(16)12-8-4-3-7-11(12)13;14-13(11-7-3-1-4-8-11)12-9-5-2-6-10-12;1-3-7-11(8-4-1)13-12-9-5-2-6-10-12;1-3-7-11(8-4-1)12-9-5-2-6-10-12;9-8(10,11)7(12)6-4-2-1-3-5-6;1-7(9)8-5-3-2-4-6-8;8-7(9,10)11-6-4-2-1-3-5-6;8-7(9,10)6-4-2-1-3-5-6;1-8-7-5-3-2-4-6-7;18*1-2/h1-8H;1-10H;1-10H;1-10H;1-5H;2-6H,1H3;1-5H;1-5H;2-6H,1H3;18*1-2H3. The van der Waals surface area contributed by atoms with E-state index in [9.17, 15) is 63.5 Å². The number of benzene rings is 13. The number of halogens is 9. The highest BCUT2D eigenvalue weighted by molar-refractivity contribution is 6.28. The number of carbonyl (C=O) groups excluding carboxylic acids is 5. The zero-order valence-corrected chi connectivity index (χ0v) is 92.5. The average Bonchev–Trinajstić information content (AvgIpc) is 0.765. The van der Waals surface area contributed by atoms with Crippen LogP contribution in [-0.2, 0) is 6.18 Å². The van der Waals surface area contributed by atoms with E-state index < -0.39 is 30.1 Å². The van der Waals surface area contributed by atoms with Crippen LogP contribution in [0.1, 0.15) is 330 Å². The van der Waals surface area contributed by atoms with E-state index in [1.807, 2.05) is 443 Å². The fourth-order valence-electron chi connectivity index (χ4n) is 9.00. The topological polar surface area (TPSA) is 113 Å². The summed E-state index contributed by atoms with van der Waals surface area (Å²) in [6, 6.07) is 112. The molecule has 0 spiro atoms. The molecule has 0 radical (unpaired) electrons. The number of Topliss-reactive ketones (excluding diaryl/α,β-unsaturated/α-hetero) is 2. The molecule has 0 aliphatic heterocycles. The van der Waals surface area contributed by atoms with Gasteiger partial charge in [-0.15, -0.1) is 13.2 Å². The number of para-hydroxylation sites is 4. The number of hydrogen-bond acceptors (Lipinski definition) is 8. The Bertz CT molecular complexity index is 4430. The highest BCUT2D eigenvalue weighted by Crippen LogP contribution is 2.30. The van der Waals surface area contributed by atoms with Gasteiger partial charge in [-0.05, 0) is 66.6 Å². The van der Waals surface area contributed by atoms with Crippen LogP contribution in [0.4, 0.5) is 39.5 Å². The Morgan fingerprint density at radius 2 is 0.404 bits per heavy atom. The van der Waals surface area contributed by atoms with Crippen LogP contribution in [0, 0.1) is 0 Å². The van der Waals surface area contributed by atoms with E-state index in [1.54, 1.807) is 80.8 Å². The van der Waals surface area contributed by atoms with Crippen LogP contribution < -0.4 is 14.2 Å². The molecule has 0 saturated heterocycles. The van der Waals surface area contributed by atoms with E-state index in [1.165, 1.54) is 59.7 Å². The Hall–Kier alpha value is -13.0. The lowest BCUT2D eigenvalue weighted by Gasteiger charge is -2.16. The van der Waals surface area contributed by atoms with Gasteiger partial charge in [-0.25, -0.2) is 0 Å². The summed E-state index contributed by atoms with van der Waals surface area (Å²) in [5.74, 6) is 0.719. The molecule has 8 nitrogen and oxygen atoms in total. The molecule has 0 N–H and O–H groups in total. The third kappa shape index (κ3) is 81.5. The second kappa shape index (κ2) is 117. The third-order valence-electron chi connectivity index (χ3n) is 14.0. The fraction of sp³-hybridized carbons (Fsp3) is 0.331. The van der Waals surface area contributed by atoms with Crippen LogP contribution in [0.2, 0.25) is 0 Å². The predicted octanol–water partition coefficient (Wildman–Crippen LogP) is 42.0. The Kier molecular flexibility index (Phi) is 130. The van der Waals surface area contributed by atoms with Crippen molar-refractivity contribution in [3.05, 3.63) is 432 Å². The predicted molar refractivity (Wildman–Crippen MR) is 596 cm³/mol. The summed E-state index contributed by atoms with van der Waals surface area (Å²) >= 11 is 0. The van der Waals surface area contributed by atoms with Gasteiger partial charge in [0, 0.05) is 44.5 Å². The first kappa shape index (κ1) is 156. The van der Waals surface area contributed by atoms with Gasteiger partial charge >= 0.3 is 18.7 Å². The number of rotatable bonds is 9. The summed E-state index contributed by atoms with van der Waals surface area (Å²) < 4.78 is 119. The molecule has 0 unspecified atom stereocenters. The second-order valence-electron chi connectivity index (χ2n) is 21.6. The third-order valence-corrected chi connectivity index (χ3v) is 14.0. The van der Waals surface area contributed by atoms with Crippen molar-refractivity contribution < 1.29 is 77.7 Å². The molecule has 1 aliphatic rings. The molecular formula is C124H177F9O8. The average molecular weight is 1970 g/mol. The lowest BCUT2D eigenvalue weighted by Crippen LogP contribution is -2.22. The maximum Gasteiger partial charge on any atom is 0.573 e. The van der Waals surface area contributed by atoms with Crippen molar-refractivity contribution >= 4 is 28.9 Å². The van der Waals surface area contributed by atoms with E-state index >= 15 is 0 Å². The van der Waals surface area contributed by atoms with Crippen molar-refractivity contribution in [2.45, 2.75) is 275 Å². The fourth-order valence-corrected chi connectivity index (χ4v) is 9.00. The van der Waals surface area contributed by atoms with Crippen molar-refractivity contribution in [3.63, 3.8) is 0 Å². The van der Waals surface area contributed by atoms with E-state index in [4.69, 9.17) is 9.47 Å². The zero-order chi connectivity index (χ0) is 112. The Labute approximate surface area is 850 Å². The van der Waals surface area contributed by atoms with Crippen molar-refractivity contribution in [2.24, 2.45) is 0 Å². The van der Waals surface area contributed by atoms with Crippen LogP contribution >= 0.6 is 0 Å². The van der Waals surface area contributed by atoms with E-state index in [2.05, 4.69) is 53.3 Å². The lowest BCUT2D eigenvalue weighted by atomic mass is 9.84. The van der Waals surface area contributed by atoms with Crippen molar-refractivity contribution in [1.82, 2.24) is 0 Å². The van der Waals surface area contributed by atoms with Gasteiger partial charge in [0.25, 0.3) is 5.78 Å². The van der Waals surface area contributed by atoms with E-state index in [0.29, 0.717) is 22.3 Å². The van der Waals surface area contributed by atoms with Gasteiger partial charge < -0.3 is 14.2 Å². The maximum atomic E-state index is 12.1. The molecule has 17 heteroatoms. The lowest BCUT2D eigenvalue weighted by molar-refractivity contribution is -0.274. The van der Waals surface area contributed by atoms with Gasteiger partial charge in [-0.2, -0.15) is 26.3 Å². The SMILES string of the molecule is CC.CC.CC.CC.CC.CC.CC.CC.CC.CC.CC.CC.CC.CC.CC.CC.CC.CC.CC(=O)c1ccccc1.COc1ccccc1.FC(F)(F)Oc1ccccc1.FC(F)(F)c1ccccc1.O=C(c1ccccc1)C(F)(F)F.O=C(c1ccccc1)c1ccccc1.O=C1c2ccccc2C(=O)c2ccccc21.c1ccc(-c2ccccc2)cc1.c1ccc(Oc2ccccc2)cc1. The molecule has 0 saturated carbocycles. The van der Waals surface area contributed by atoms with Crippen molar-refractivity contribution in [3.8, 4) is 34.1 Å². The Morgan fingerprint density at radius 1 is 0.220 bits per heavy atom. The van der Waals surface area contributed by atoms with Crippen LogP contribution in [0.5, 0.6) is 23.0 Å². The first-order chi connectivity index (χ1) is 68.5. The van der Waals surface area contributed by atoms with E-state index in [0.717, 1.165) is 58.2 Å². The molecule has 0 bridgehead atoms. The van der Waals surface area contributed by atoms with Crippen molar-refractivity contribution in [2.75, 3.05) is 7.11 Å². The summed E-state index contributed by atoms with van der Waals surface area (Å²) in [5.41, 5.74) is 5.89. The molecule has 14 rings (SSSR count). The molecular weight excluding hydrogens is 1790 g/mol. The number of methoxy groups -OCH3 is 1. The summed E-state index contributed by atoms with van der Waals surface area (Å²) in [6.07, 6.45) is -13.6. The number of ketones is 5. The maximum absolute atomic E-state index is 12.1. The Morgan fingerprint density at radius 3 is 0.589 bits per heavy atom. The number of fused-ring (bicyclic) bond motifs is 2. The molecule has 141 heavy (non-hydrogen) atoms. The van der Waals surface area contributed by atoms with Crippen molar-refractivity contribution in [1.29, 1.82) is 0 Å². The number of ether oxygens (including phenoxy) is 3. The first-order valence-electron chi connectivity index (χ1n) is 50.1. The van der Waals surface area contributed by atoms with Gasteiger partial charge in [-0.1, -0.05) is 583 Å². The minimum atomic E-state index is -4.78. The second-order valence-corrected chi connectivity index (χ2v) is 21.6. The quantitative estimate of drug-likeness (QED) is 0.104. The van der Waals surface area contributed by atoms with Gasteiger partial charge in [0.2, 0.25) is 0 Å². The summed E-state index contributed by atoms with van der Waals surface area (Å²) in [6.45, 7) is 73.6. The minimum absolute atomic E-state index is 0.0641. The van der Waals surface area contributed by atoms with E-state index in [-0.39, 0.29) is 34.4 Å². The van der Waals surface area contributed by atoms with Crippen LogP contribution in [0.3, 0.4) is 0 Å². The van der Waals surface area contributed by atoms with Gasteiger partial charge in [0.1, 0.15) is 23.0 Å². The van der Waals surface area contributed by atoms with Crippen LogP contribution in [0.25, 0.3) is 11.1 Å². The number of hydrogen-bond donors (Lipinski definition) is 0. The summed E-state index contributed by atoms with van der Waals surface area (Å²) in [7, 11) is 1.66. The van der Waals surface area contributed by atoms with Gasteiger partial charge in [0.05, 0.1) is 12.7 Å². The molecule has 0 heterocycles. The monoisotopic (exact) mass is 1970 g/mol. The molecule has 0 amide bonds. The Balaban J connectivity index is -0.000000115. The molecule has 13 aromatic rings. The van der Waals surface area contributed by atoms with Crippen LogP contribution in [0.15, 0.2) is 382 Å². The molecule has 784 valence electrons.